The van der Waals surface area contributed by atoms with Gasteiger partial charge in [0.15, 0.2) is 0 Å². The van der Waals surface area contributed by atoms with Gasteiger partial charge in [-0.1, -0.05) is 30.9 Å². The smallest absolute Gasteiger partial charge is 0.227 e. The minimum Gasteiger partial charge on any atom is -0.495 e. The lowest BCUT2D eigenvalue weighted by atomic mass is 9.95. The highest BCUT2D eigenvalue weighted by molar-refractivity contribution is 6.31. The highest BCUT2D eigenvalue weighted by atomic mass is 35.5. The second-order valence-corrected chi connectivity index (χ2v) is 7.00. The molecule has 0 spiro atoms. The van der Waals surface area contributed by atoms with Gasteiger partial charge in [-0.3, -0.25) is 9.59 Å². The Balaban J connectivity index is 1.69. The van der Waals surface area contributed by atoms with Crippen molar-refractivity contribution in [3.63, 3.8) is 0 Å². The summed E-state index contributed by atoms with van der Waals surface area (Å²) < 4.78 is 5.33. The van der Waals surface area contributed by atoms with Crippen molar-refractivity contribution in [3.05, 3.63) is 23.2 Å². The van der Waals surface area contributed by atoms with Crippen LogP contribution in [0.25, 0.3) is 0 Å². The molecule has 2 fully saturated rings. The summed E-state index contributed by atoms with van der Waals surface area (Å²) in [6.45, 7) is 0.369. The molecule has 1 aromatic rings. The van der Waals surface area contributed by atoms with E-state index in [1.165, 1.54) is 19.3 Å². The molecular formula is C18H23ClN2O3. The van der Waals surface area contributed by atoms with Crippen LogP contribution in [0.15, 0.2) is 18.2 Å². The van der Waals surface area contributed by atoms with E-state index >= 15 is 0 Å². The average molecular weight is 351 g/mol. The van der Waals surface area contributed by atoms with Crippen molar-refractivity contribution in [3.8, 4) is 5.75 Å². The molecule has 1 aromatic carbocycles. The van der Waals surface area contributed by atoms with E-state index in [4.69, 9.17) is 16.3 Å². The van der Waals surface area contributed by atoms with Crippen LogP contribution < -0.4 is 15.0 Å². The number of nitrogens with zero attached hydrogens (tertiary/aromatic N) is 1. The Kier molecular flexibility index (Phi) is 5.29. The highest BCUT2D eigenvalue weighted by Gasteiger charge is 2.37. The number of carbonyl (C=O) groups excluding carboxylic acids is 2. The van der Waals surface area contributed by atoms with Crippen molar-refractivity contribution in [1.82, 2.24) is 5.32 Å². The summed E-state index contributed by atoms with van der Waals surface area (Å²) in [7, 11) is 1.56. The molecule has 24 heavy (non-hydrogen) atoms. The van der Waals surface area contributed by atoms with Crippen molar-refractivity contribution in [2.24, 2.45) is 5.92 Å². The summed E-state index contributed by atoms with van der Waals surface area (Å²) in [4.78, 5) is 26.5. The van der Waals surface area contributed by atoms with Crippen LogP contribution in [0.3, 0.4) is 0 Å². The first-order chi connectivity index (χ1) is 11.6. The van der Waals surface area contributed by atoms with E-state index in [1.54, 1.807) is 30.2 Å². The number of rotatable bonds is 4. The van der Waals surface area contributed by atoms with Gasteiger partial charge >= 0.3 is 0 Å². The third-order valence-electron chi connectivity index (χ3n) is 4.88. The van der Waals surface area contributed by atoms with Gasteiger partial charge in [0.25, 0.3) is 0 Å². The maximum atomic E-state index is 12.5. The van der Waals surface area contributed by atoms with Crippen LogP contribution in [0, 0.1) is 5.92 Å². The van der Waals surface area contributed by atoms with Gasteiger partial charge in [0.1, 0.15) is 5.75 Å². The Bertz CT molecular complexity index is 629. The monoisotopic (exact) mass is 350 g/mol. The molecule has 1 heterocycles. The van der Waals surface area contributed by atoms with Gasteiger partial charge in [0.05, 0.1) is 18.7 Å². The third kappa shape index (κ3) is 3.66. The van der Waals surface area contributed by atoms with Gasteiger partial charge in [-0.05, 0) is 31.0 Å². The van der Waals surface area contributed by atoms with Crippen molar-refractivity contribution in [2.45, 2.75) is 44.6 Å². The van der Waals surface area contributed by atoms with Gasteiger partial charge in [0, 0.05) is 24.0 Å². The number of hydrogen-bond acceptors (Lipinski definition) is 3. The Morgan fingerprint density at radius 1 is 1.29 bits per heavy atom. The predicted molar refractivity (Wildman–Crippen MR) is 93.5 cm³/mol. The summed E-state index contributed by atoms with van der Waals surface area (Å²) in [6, 6.07) is 5.42. The first-order valence-electron chi connectivity index (χ1n) is 8.52. The maximum absolute atomic E-state index is 12.5. The molecule has 1 saturated heterocycles. The van der Waals surface area contributed by atoms with E-state index in [0.717, 1.165) is 12.8 Å². The number of hydrogen-bond donors (Lipinski definition) is 1. The second-order valence-electron chi connectivity index (χ2n) is 6.57. The molecule has 1 saturated carbocycles. The molecule has 3 rings (SSSR count). The Morgan fingerprint density at radius 3 is 2.75 bits per heavy atom. The summed E-state index contributed by atoms with van der Waals surface area (Å²) in [5.41, 5.74) is 0.628. The number of benzene rings is 1. The van der Waals surface area contributed by atoms with Gasteiger partial charge < -0.3 is 15.0 Å². The molecule has 2 amide bonds. The molecule has 1 N–H and O–H groups in total. The fourth-order valence-electron chi connectivity index (χ4n) is 3.56. The van der Waals surface area contributed by atoms with Crippen LogP contribution in [0.5, 0.6) is 5.75 Å². The first-order valence-corrected chi connectivity index (χ1v) is 8.90. The zero-order chi connectivity index (χ0) is 17.1. The minimum atomic E-state index is -0.317. The molecule has 0 aromatic heterocycles. The number of carbonyl (C=O) groups is 2. The summed E-state index contributed by atoms with van der Waals surface area (Å²) in [5, 5.41) is 3.65. The molecule has 1 aliphatic carbocycles. The van der Waals surface area contributed by atoms with Crippen molar-refractivity contribution >= 4 is 29.1 Å². The van der Waals surface area contributed by atoms with Crippen LogP contribution in [0.1, 0.15) is 38.5 Å². The number of anilines is 1. The molecule has 0 bridgehead atoms. The lowest BCUT2D eigenvalue weighted by Gasteiger charge is -2.24. The van der Waals surface area contributed by atoms with E-state index in [9.17, 15) is 9.59 Å². The molecule has 6 heteroatoms. The van der Waals surface area contributed by atoms with Gasteiger partial charge in [-0.25, -0.2) is 0 Å². The Morgan fingerprint density at radius 2 is 2.04 bits per heavy atom. The zero-order valence-electron chi connectivity index (χ0n) is 13.9. The summed E-state index contributed by atoms with van der Waals surface area (Å²) >= 11 is 6.05. The number of amides is 2. The van der Waals surface area contributed by atoms with Crippen LogP contribution in [0.4, 0.5) is 5.69 Å². The van der Waals surface area contributed by atoms with Gasteiger partial charge in [0.2, 0.25) is 11.8 Å². The molecule has 1 aliphatic heterocycles. The second kappa shape index (κ2) is 7.43. The number of ether oxygens (including phenoxy) is 1. The van der Waals surface area contributed by atoms with E-state index in [1.807, 2.05) is 0 Å². The SMILES string of the molecule is COc1ccc(Cl)cc1N1CC(C(=O)NC2CCCCC2)CC1=O. The molecular weight excluding hydrogens is 328 g/mol. The molecule has 2 aliphatic rings. The van der Waals surface area contributed by atoms with Crippen LogP contribution in [0.2, 0.25) is 5.02 Å². The van der Waals surface area contributed by atoms with E-state index in [-0.39, 0.29) is 30.2 Å². The average Bonchev–Trinajstić information content (AvgIpc) is 2.97. The third-order valence-corrected chi connectivity index (χ3v) is 5.11. The van der Waals surface area contributed by atoms with Crippen molar-refractivity contribution in [1.29, 1.82) is 0 Å². The normalized spacial score (nSPS) is 21.8. The van der Waals surface area contributed by atoms with E-state index in [2.05, 4.69) is 5.32 Å². The summed E-state index contributed by atoms with van der Waals surface area (Å²) in [6.07, 6.45) is 5.89. The van der Waals surface area contributed by atoms with E-state index < -0.39 is 0 Å². The van der Waals surface area contributed by atoms with Crippen molar-refractivity contribution < 1.29 is 14.3 Å². The molecule has 130 valence electrons. The number of halogens is 1. The topological polar surface area (TPSA) is 58.6 Å². The summed E-state index contributed by atoms with van der Waals surface area (Å²) in [5.74, 6) is 0.183. The molecule has 5 nitrogen and oxygen atoms in total. The fourth-order valence-corrected chi connectivity index (χ4v) is 3.72. The lowest BCUT2D eigenvalue weighted by Crippen LogP contribution is -2.40. The Labute approximate surface area is 147 Å². The Hall–Kier alpha value is -1.75. The van der Waals surface area contributed by atoms with E-state index in [0.29, 0.717) is 23.0 Å². The van der Waals surface area contributed by atoms with Gasteiger partial charge in [-0.2, -0.15) is 0 Å². The van der Waals surface area contributed by atoms with Crippen LogP contribution >= 0.6 is 11.6 Å². The first kappa shape index (κ1) is 17.1. The largest absolute Gasteiger partial charge is 0.495 e. The number of nitrogens with one attached hydrogen (secondary N) is 1. The highest BCUT2D eigenvalue weighted by Crippen LogP contribution is 2.35. The minimum absolute atomic E-state index is 0.0151. The standard InChI is InChI=1S/C18H23ClN2O3/c1-24-16-8-7-13(19)10-15(16)21-11-12(9-17(21)22)18(23)20-14-5-3-2-4-6-14/h7-8,10,12,14H,2-6,9,11H2,1H3,(H,20,23). The molecule has 0 radical (unpaired) electrons. The van der Waals surface area contributed by atoms with Gasteiger partial charge in [-0.15, -0.1) is 0 Å². The molecule has 1 unspecified atom stereocenters. The fraction of sp³-hybridized carbons (Fsp3) is 0.556. The maximum Gasteiger partial charge on any atom is 0.227 e. The zero-order valence-corrected chi connectivity index (χ0v) is 14.6. The lowest BCUT2D eigenvalue weighted by molar-refractivity contribution is -0.127. The number of methoxy groups -OCH3 is 1. The quantitative estimate of drug-likeness (QED) is 0.907. The molecule has 1 atom stereocenters. The van der Waals surface area contributed by atoms with Crippen LogP contribution in [-0.2, 0) is 9.59 Å². The van der Waals surface area contributed by atoms with Crippen LogP contribution in [-0.4, -0.2) is 31.5 Å². The van der Waals surface area contributed by atoms with Crippen molar-refractivity contribution in [2.75, 3.05) is 18.6 Å². The predicted octanol–water partition coefficient (Wildman–Crippen LogP) is 3.15.